The van der Waals surface area contributed by atoms with Gasteiger partial charge in [-0.2, -0.15) is 0 Å². The Morgan fingerprint density at radius 1 is 1.40 bits per heavy atom. The zero-order chi connectivity index (χ0) is 13.9. The van der Waals surface area contributed by atoms with Crippen LogP contribution in [0.3, 0.4) is 0 Å². The smallest absolute Gasteiger partial charge is 0.242 e. The van der Waals surface area contributed by atoms with Crippen molar-refractivity contribution in [3.8, 4) is 0 Å². The molecule has 0 radical (unpaired) electrons. The molecule has 20 heavy (non-hydrogen) atoms. The quantitative estimate of drug-likeness (QED) is 0.853. The molecule has 1 saturated heterocycles. The van der Waals surface area contributed by atoms with Crippen LogP contribution in [-0.2, 0) is 17.8 Å². The van der Waals surface area contributed by atoms with Crippen LogP contribution in [0.4, 0.5) is 5.82 Å². The monoisotopic (exact) mass is 275 g/mol. The highest BCUT2D eigenvalue weighted by Gasteiger charge is 2.22. The normalized spacial score (nSPS) is 17.9. The van der Waals surface area contributed by atoms with Crippen LogP contribution < -0.4 is 10.2 Å². The number of fused-ring (bicyclic) bond motifs is 1. The maximum Gasteiger partial charge on any atom is 0.242 e. The van der Waals surface area contributed by atoms with E-state index in [1.165, 1.54) is 0 Å². The molecule has 0 saturated carbocycles. The summed E-state index contributed by atoms with van der Waals surface area (Å²) in [6.07, 6.45) is 4.79. The summed E-state index contributed by atoms with van der Waals surface area (Å²) in [7, 11) is 1.94. The minimum atomic E-state index is 0.195. The summed E-state index contributed by atoms with van der Waals surface area (Å²) in [5.41, 5.74) is 2.24. The second-order valence-electron chi connectivity index (χ2n) is 5.49. The molecule has 1 amide bonds. The van der Waals surface area contributed by atoms with Crippen LogP contribution in [0.2, 0.25) is 0 Å². The summed E-state index contributed by atoms with van der Waals surface area (Å²) in [5.74, 6) is 1.08. The molecule has 6 heteroatoms. The number of likely N-dealkylation sites (N-methyl/N-ethyl adjacent to an activating group) is 1. The molecule has 1 aromatic rings. The topological polar surface area (TPSA) is 61.4 Å². The molecule has 1 aromatic heterocycles. The van der Waals surface area contributed by atoms with Gasteiger partial charge in [0.1, 0.15) is 12.1 Å². The van der Waals surface area contributed by atoms with E-state index < -0.39 is 0 Å². The zero-order valence-corrected chi connectivity index (χ0v) is 11.9. The van der Waals surface area contributed by atoms with E-state index in [9.17, 15) is 4.79 Å². The van der Waals surface area contributed by atoms with Gasteiger partial charge >= 0.3 is 0 Å². The van der Waals surface area contributed by atoms with Crippen molar-refractivity contribution in [1.82, 2.24) is 20.2 Å². The standard InChI is InChI=1S/C14H21N5O/c1-18(9-13(20)19-6-2-3-7-19)14-11-8-15-5-4-12(11)16-10-17-14/h10,15H,2-9H2,1H3. The molecule has 2 aliphatic heterocycles. The van der Waals surface area contributed by atoms with Crippen molar-refractivity contribution in [3.05, 3.63) is 17.6 Å². The number of nitrogens with zero attached hydrogens (tertiary/aromatic N) is 4. The van der Waals surface area contributed by atoms with Gasteiger partial charge in [-0.25, -0.2) is 9.97 Å². The van der Waals surface area contributed by atoms with E-state index in [1.54, 1.807) is 6.33 Å². The summed E-state index contributed by atoms with van der Waals surface area (Å²) < 4.78 is 0. The van der Waals surface area contributed by atoms with Crippen LogP contribution in [-0.4, -0.2) is 54.0 Å². The zero-order valence-electron chi connectivity index (χ0n) is 11.9. The number of rotatable bonds is 3. The Bertz CT molecular complexity index is 498. The fourth-order valence-corrected chi connectivity index (χ4v) is 2.93. The van der Waals surface area contributed by atoms with Crippen molar-refractivity contribution >= 4 is 11.7 Å². The maximum absolute atomic E-state index is 12.2. The van der Waals surface area contributed by atoms with Crippen LogP contribution in [0, 0.1) is 0 Å². The van der Waals surface area contributed by atoms with Gasteiger partial charge in [0.25, 0.3) is 0 Å². The second kappa shape index (κ2) is 5.75. The number of hydrogen-bond acceptors (Lipinski definition) is 5. The fraction of sp³-hybridized carbons (Fsp3) is 0.643. The third-order valence-corrected chi connectivity index (χ3v) is 4.04. The van der Waals surface area contributed by atoms with E-state index in [-0.39, 0.29) is 5.91 Å². The molecule has 2 aliphatic rings. The molecule has 0 aromatic carbocycles. The van der Waals surface area contributed by atoms with Gasteiger partial charge in [-0.15, -0.1) is 0 Å². The van der Waals surface area contributed by atoms with Gasteiger partial charge in [-0.05, 0) is 12.8 Å². The summed E-state index contributed by atoms with van der Waals surface area (Å²) in [5, 5.41) is 3.34. The Balaban J connectivity index is 1.73. The van der Waals surface area contributed by atoms with Crippen molar-refractivity contribution in [2.75, 3.05) is 38.1 Å². The number of anilines is 1. The van der Waals surface area contributed by atoms with Crippen molar-refractivity contribution in [3.63, 3.8) is 0 Å². The molecule has 108 valence electrons. The highest BCUT2D eigenvalue weighted by molar-refractivity contribution is 5.81. The van der Waals surface area contributed by atoms with Gasteiger partial charge in [0, 0.05) is 45.2 Å². The molecule has 0 aliphatic carbocycles. The number of carbonyl (C=O) groups excluding carboxylic acids is 1. The number of likely N-dealkylation sites (tertiary alicyclic amines) is 1. The molecule has 0 unspecified atom stereocenters. The summed E-state index contributed by atoms with van der Waals surface area (Å²) in [6.45, 7) is 3.93. The first-order valence-electron chi connectivity index (χ1n) is 7.28. The Kier molecular flexibility index (Phi) is 3.82. The molecule has 6 nitrogen and oxygen atoms in total. The first kappa shape index (κ1) is 13.3. The van der Waals surface area contributed by atoms with E-state index in [4.69, 9.17) is 0 Å². The molecular formula is C14H21N5O. The molecule has 0 atom stereocenters. The lowest BCUT2D eigenvalue weighted by atomic mass is 10.1. The third kappa shape index (κ3) is 2.60. The van der Waals surface area contributed by atoms with Gasteiger partial charge in [-0.1, -0.05) is 0 Å². The molecule has 3 heterocycles. The number of amides is 1. The molecule has 1 N–H and O–H groups in total. The number of aromatic nitrogens is 2. The molecular weight excluding hydrogens is 254 g/mol. The van der Waals surface area contributed by atoms with Crippen molar-refractivity contribution in [1.29, 1.82) is 0 Å². The minimum Gasteiger partial charge on any atom is -0.350 e. The fourth-order valence-electron chi connectivity index (χ4n) is 2.93. The van der Waals surface area contributed by atoms with Gasteiger partial charge in [-0.3, -0.25) is 4.79 Å². The van der Waals surface area contributed by atoms with E-state index in [1.807, 2.05) is 16.8 Å². The predicted octanol–water partition coefficient (Wildman–Crippen LogP) is 0.181. The van der Waals surface area contributed by atoms with Crippen LogP contribution in [0.1, 0.15) is 24.1 Å². The van der Waals surface area contributed by atoms with Crippen LogP contribution in [0.5, 0.6) is 0 Å². The Hall–Kier alpha value is -1.69. The lowest BCUT2D eigenvalue weighted by Crippen LogP contribution is -2.38. The van der Waals surface area contributed by atoms with Crippen molar-refractivity contribution in [2.45, 2.75) is 25.8 Å². The summed E-state index contributed by atoms with van der Waals surface area (Å²) in [6, 6.07) is 0. The number of nitrogens with one attached hydrogen (secondary N) is 1. The highest BCUT2D eigenvalue weighted by Crippen LogP contribution is 2.21. The second-order valence-corrected chi connectivity index (χ2v) is 5.49. The van der Waals surface area contributed by atoms with Crippen molar-refractivity contribution in [2.24, 2.45) is 0 Å². The molecule has 0 bridgehead atoms. The highest BCUT2D eigenvalue weighted by atomic mass is 16.2. The molecule has 3 rings (SSSR count). The minimum absolute atomic E-state index is 0.195. The average Bonchev–Trinajstić information content (AvgIpc) is 3.01. The van der Waals surface area contributed by atoms with E-state index in [2.05, 4.69) is 15.3 Å². The molecule has 1 fully saturated rings. The first-order chi connectivity index (χ1) is 9.75. The number of carbonyl (C=O) groups is 1. The Labute approximate surface area is 119 Å². The van der Waals surface area contributed by atoms with E-state index in [0.717, 1.165) is 62.5 Å². The SMILES string of the molecule is CN(CC(=O)N1CCCC1)c1ncnc2c1CNCC2. The average molecular weight is 275 g/mol. The van der Waals surface area contributed by atoms with E-state index >= 15 is 0 Å². The largest absolute Gasteiger partial charge is 0.350 e. The van der Waals surface area contributed by atoms with Crippen LogP contribution in [0.15, 0.2) is 6.33 Å². The Morgan fingerprint density at radius 3 is 3.00 bits per heavy atom. The lowest BCUT2D eigenvalue weighted by Gasteiger charge is -2.26. The lowest BCUT2D eigenvalue weighted by molar-refractivity contribution is -0.128. The third-order valence-electron chi connectivity index (χ3n) is 4.04. The number of hydrogen-bond donors (Lipinski definition) is 1. The van der Waals surface area contributed by atoms with Crippen LogP contribution in [0.25, 0.3) is 0 Å². The molecule has 0 spiro atoms. The first-order valence-corrected chi connectivity index (χ1v) is 7.28. The van der Waals surface area contributed by atoms with Gasteiger partial charge in [0.2, 0.25) is 5.91 Å². The predicted molar refractivity (Wildman–Crippen MR) is 76.5 cm³/mol. The van der Waals surface area contributed by atoms with Crippen molar-refractivity contribution < 1.29 is 4.79 Å². The van der Waals surface area contributed by atoms with Crippen LogP contribution >= 0.6 is 0 Å². The van der Waals surface area contributed by atoms with Gasteiger partial charge in [0.15, 0.2) is 0 Å². The van der Waals surface area contributed by atoms with Gasteiger partial charge in [0.05, 0.1) is 12.2 Å². The maximum atomic E-state index is 12.2. The van der Waals surface area contributed by atoms with E-state index in [0.29, 0.717) is 6.54 Å². The summed E-state index contributed by atoms with van der Waals surface area (Å²) >= 11 is 0. The summed E-state index contributed by atoms with van der Waals surface area (Å²) in [4.78, 5) is 24.8. The Morgan fingerprint density at radius 2 is 2.20 bits per heavy atom. The van der Waals surface area contributed by atoms with Gasteiger partial charge < -0.3 is 15.1 Å².